The topological polar surface area (TPSA) is 131 Å². The van der Waals surface area contributed by atoms with Crippen molar-refractivity contribution >= 4 is 11.9 Å². The number of nitrogens with two attached hydrogens (primary N) is 2. The number of nitrogens with one attached hydrogen (secondary N) is 1. The maximum absolute atomic E-state index is 11.1. The molecule has 0 spiro atoms. The number of hydrazine groups is 2. The summed E-state index contributed by atoms with van der Waals surface area (Å²) in [7, 11) is 0. The van der Waals surface area contributed by atoms with Gasteiger partial charge in [-0.2, -0.15) is 0 Å². The summed E-state index contributed by atoms with van der Waals surface area (Å²) < 4.78 is 5.07. The molecule has 0 aromatic carbocycles. The highest BCUT2D eigenvalue weighted by Gasteiger charge is 2.11. The quantitative estimate of drug-likeness (QED) is 0.247. The summed E-state index contributed by atoms with van der Waals surface area (Å²) in [5.74, 6) is 6.43. The maximum Gasteiger partial charge on any atom is 0.328 e. The first-order valence-electron chi connectivity index (χ1n) is 4.56. The van der Waals surface area contributed by atoms with Gasteiger partial charge >= 0.3 is 5.97 Å². The van der Waals surface area contributed by atoms with Crippen molar-refractivity contribution in [3.8, 4) is 0 Å². The van der Waals surface area contributed by atoms with Crippen LogP contribution in [-0.4, -0.2) is 48.3 Å². The number of carbonyl (C=O) groups is 2. The van der Waals surface area contributed by atoms with Crippen LogP contribution in [0.2, 0.25) is 0 Å². The molecule has 8 nitrogen and oxygen atoms in total. The van der Waals surface area contributed by atoms with Gasteiger partial charge < -0.3 is 9.84 Å². The molecule has 1 aliphatic rings. The molecule has 1 aliphatic heterocycles. The lowest BCUT2D eigenvalue weighted by Gasteiger charge is -2.26. The SMILES string of the molecule is NN.O=C(O)C=CC(=O)NN1CCOCC1. The van der Waals surface area contributed by atoms with Crippen molar-refractivity contribution in [1.29, 1.82) is 0 Å². The van der Waals surface area contributed by atoms with Crippen molar-refractivity contribution < 1.29 is 19.4 Å². The first-order valence-corrected chi connectivity index (χ1v) is 4.56. The molecule has 0 bridgehead atoms. The second-order valence-corrected chi connectivity index (χ2v) is 2.75. The van der Waals surface area contributed by atoms with Crippen molar-refractivity contribution in [1.82, 2.24) is 10.4 Å². The third-order valence-electron chi connectivity index (χ3n) is 1.66. The number of nitrogens with zero attached hydrogens (tertiary/aromatic N) is 1. The molecular weight excluding hydrogens is 216 g/mol. The van der Waals surface area contributed by atoms with Crippen molar-refractivity contribution in [2.75, 3.05) is 26.3 Å². The number of carbonyl (C=O) groups excluding carboxylic acids is 1. The standard InChI is InChI=1S/C8H12N2O4.H4N2/c11-7(1-2-8(12)13)9-10-3-5-14-6-4-10;1-2/h1-2H,3-6H2,(H,9,11)(H,12,13);1-2H2. The molecule has 1 rings (SSSR count). The number of carboxylic acid groups (broad SMARTS) is 1. The highest BCUT2D eigenvalue weighted by molar-refractivity contribution is 5.93. The van der Waals surface area contributed by atoms with E-state index in [1.807, 2.05) is 0 Å². The minimum absolute atomic E-state index is 0.436. The Bertz CT molecular complexity index is 250. The van der Waals surface area contributed by atoms with Crippen LogP contribution in [0.4, 0.5) is 0 Å². The van der Waals surface area contributed by atoms with E-state index in [-0.39, 0.29) is 0 Å². The molecule has 92 valence electrons. The fourth-order valence-electron chi connectivity index (χ4n) is 1.02. The van der Waals surface area contributed by atoms with E-state index in [9.17, 15) is 9.59 Å². The van der Waals surface area contributed by atoms with Gasteiger partial charge in [0.05, 0.1) is 13.2 Å². The molecule has 1 heterocycles. The first-order chi connectivity index (χ1) is 7.68. The van der Waals surface area contributed by atoms with E-state index in [2.05, 4.69) is 17.1 Å². The second kappa shape index (κ2) is 8.80. The molecule has 0 aromatic rings. The van der Waals surface area contributed by atoms with E-state index in [4.69, 9.17) is 9.84 Å². The van der Waals surface area contributed by atoms with Crippen LogP contribution >= 0.6 is 0 Å². The number of carboxylic acids is 1. The van der Waals surface area contributed by atoms with Gasteiger partial charge in [0.2, 0.25) is 0 Å². The zero-order valence-corrected chi connectivity index (χ0v) is 8.76. The molecule has 0 saturated carbocycles. The largest absolute Gasteiger partial charge is 0.478 e. The zero-order chi connectivity index (χ0) is 12.4. The summed E-state index contributed by atoms with van der Waals surface area (Å²) in [5, 5.41) is 9.96. The Morgan fingerprint density at radius 3 is 2.31 bits per heavy atom. The highest BCUT2D eigenvalue weighted by Crippen LogP contribution is 1.92. The number of amides is 1. The lowest BCUT2D eigenvalue weighted by atomic mass is 10.4. The molecule has 1 amide bonds. The van der Waals surface area contributed by atoms with Gasteiger partial charge in [-0.3, -0.25) is 21.9 Å². The molecule has 0 radical (unpaired) electrons. The molecular formula is C8H16N4O4. The molecule has 16 heavy (non-hydrogen) atoms. The van der Waals surface area contributed by atoms with Crippen molar-refractivity contribution in [3.63, 3.8) is 0 Å². The molecule has 6 N–H and O–H groups in total. The van der Waals surface area contributed by atoms with Gasteiger partial charge in [0.25, 0.3) is 5.91 Å². The summed E-state index contributed by atoms with van der Waals surface area (Å²) in [6.07, 6.45) is 1.79. The summed E-state index contributed by atoms with van der Waals surface area (Å²) >= 11 is 0. The Balaban J connectivity index is 0.00000106. The minimum atomic E-state index is -1.14. The van der Waals surface area contributed by atoms with Gasteiger partial charge in [-0.1, -0.05) is 0 Å². The van der Waals surface area contributed by atoms with Gasteiger partial charge in [-0.15, -0.1) is 0 Å². The van der Waals surface area contributed by atoms with Crippen LogP contribution in [0.25, 0.3) is 0 Å². The van der Waals surface area contributed by atoms with Crippen LogP contribution < -0.4 is 17.1 Å². The third kappa shape index (κ3) is 6.90. The van der Waals surface area contributed by atoms with Gasteiger partial charge in [0.1, 0.15) is 0 Å². The average molecular weight is 232 g/mol. The van der Waals surface area contributed by atoms with Crippen LogP contribution in [-0.2, 0) is 14.3 Å². The van der Waals surface area contributed by atoms with E-state index in [1.54, 1.807) is 5.01 Å². The Labute approximate surface area is 92.8 Å². The molecule has 1 fully saturated rings. The van der Waals surface area contributed by atoms with Crippen molar-refractivity contribution in [2.24, 2.45) is 11.7 Å². The molecule has 0 unspecified atom stereocenters. The summed E-state index contributed by atoms with van der Waals surface area (Å²) in [6, 6.07) is 0. The summed E-state index contributed by atoms with van der Waals surface area (Å²) in [4.78, 5) is 21.2. The van der Waals surface area contributed by atoms with Crippen LogP contribution in [0.5, 0.6) is 0 Å². The maximum atomic E-state index is 11.1. The predicted molar refractivity (Wildman–Crippen MR) is 55.7 cm³/mol. The van der Waals surface area contributed by atoms with Gasteiger partial charge in [-0.25, -0.2) is 9.80 Å². The minimum Gasteiger partial charge on any atom is -0.478 e. The number of hydrogen-bond acceptors (Lipinski definition) is 6. The smallest absolute Gasteiger partial charge is 0.328 e. The number of rotatable bonds is 3. The van der Waals surface area contributed by atoms with E-state index >= 15 is 0 Å². The second-order valence-electron chi connectivity index (χ2n) is 2.75. The van der Waals surface area contributed by atoms with E-state index in [0.717, 1.165) is 12.2 Å². The fraction of sp³-hybridized carbons (Fsp3) is 0.500. The number of morpholine rings is 1. The zero-order valence-electron chi connectivity index (χ0n) is 8.76. The normalized spacial score (nSPS) is 16.4. The van der Waals surface area contributed by atoms with Crippen molar-refractivity contribution in [3.05, 3.63) is 12.2 Å². The van der Waals surface area contributed by atoms with Gasteiger partial charge in [-0.05, 0) is 0 Å². The van der Waals surface area contributed by atoms with E-state index in [1.165, 1.54) is 0 Å². The first kappa shape index (κ1) is 14.5. The Morgan fingerprint density at radius 2 is 1.81 bits per heavy atom. The Morgan fingerprint density at radius 1 is 1.25 bits per heavy atom. The molecule has 1 saturated heterocycles. The van der Waals surface area contributed by atoms with Crippen LogP contribution in [0.15, 0.2) is 12.2 Å². The highest BCUT2D eigenvalue weighted by atomic mass is 16.5. The van der Waals surface area contributed by atoms with Crippen LogP contribution in [0.3, 0.4) is 0 Å². The fourth-order valence-corrected chi connectivity index (χ4v) is 1.02. The van der Waals surface area contributed by atoms with Crippen molar-refractivity contribution in [2.45, 2.75) is 0 Å². The van der Waals surface area contributed by atoms with E-state index in [0.29, 0.717) is 26.3 Å². The molecule has 0 aromatic heterocycles. The average Bonchev–Trinajstić information content (AvgIpc) is 2.30. The molecule has 0 aliphatic carbocycles. The lowest BCUT2D eigenvalue weighted by Crippen LogP contribution is -2.47. The summed E-state index contributed by atoms with van der Waals surface area (Å²) in [5.41, 5.74) is 2.54. The van der Waals surface area contributed by atoms with Gasteiger partial charge in [0, 0.05) is 25.2 Å². The Kier molecular flexibility index (Phi) is 7.98. The molecule has 0 atom stereocenters. The number of hydrogen-bond donors (Lipinski definition) is 4. The van der Waals surface area contributed by atoms with Gasteiger partial charge in [0.15, 0.2) is 0 Å². The molecule has 8 heteroatoms. The third-order valence-corrected chi connectivity index (χ3v) is 1.66. The summed E-state index contributed by atoms with van der Waals surface area (Å²) in [6.45, 7) is 2.38. The van der Waals surface area contributed by atoms with E-state index < -0.39 is 11.9 Å². The number of aliphatic carboxylic acids is 1. The van der Waals surface area contributed by atoms with Crippen LogP contribution in [0.1, 0.15) is 0 Å². The monoisotopic (exact) mass is 232 g/mol. The number of ether oxygens (including phenoxy) is 1. The Hall–Kier alpha value is -1.48. The van der Waals surface area contributed by atoms with Crippen LogP contribution in [0, 0.1) is 0 Å². The lowest BCUT2D eigenvalue weighted by molar-refractivity contribution is -0.132. The predicted octanol–water partition coefficient (Wildman–Crippen LogP) is -2.19.